The number of hydrogen-bond donors (Lipinski definition) is 1. The number of hydrogen-bond acceptors (Lipinski definition) is 5. The Labute approximate surface area is 213 Å². The Morgan fingerprint density at radius 3 is 2.51 bits per heavy atom. The fraction of sp³-hybridized carbons (Fsp3) is 0.217. The molecule has 1 aliphatic heterocycles. The summed E-state index contributed by atoms with van der Waals surface area (Å²) in [7, 11) is -3.93. The number of nitrogens with zero attached hydrogens (tertiary/aromatic N) is 4. The standard InChI is InChI=1S/C23H19BrClF2N5O2S/c24-17-13-28-32-22(12-21(30-23(17)32)16-3-1-2-4-18(16)25)29-14-7-9-31(10-8-14)35(33,34)15-5-6-19(26)20(27)11-15/h1-6,11-14,29H,7-10H2. The Morgan fingerprint density at radius 2 is 1.80 bits per heavy atom. The highest BCUT2D eigenvalue weighted by molar-refractivity contribution is 9.10. The van der Waals surface area contributed by atoms with Gasteiger partial charge < -0.3 is 5.32 Å². The molecule has 182 valence electrons. The topological polar surface area (TPSA) is 79.6 Å². The van der Waals surface area contributed by atoms with Gasteiger partial charge >= 0.3 is 0 Å². The first-order chi connectivity index (χ1) is 16.7. The quantitative estimate of drug-likeness (QED) is 0.343. The van der Waals surface area contributed by atoms with Gasteiger partial charge in [0.2, 0.25) is 10.0 Å². The lowest BCUT2D eigenvalue weighted by molar-refractivity contribution is 0.329. The zero-order chi connectivity index (χ0) is 24.7. The van der Waals surface area contributed by atoms with Crippen LogP contribution in [-0.4, -0.2) is 46.5 Å². The van der Waals surface area contributed by atoms with E-state index in [1.807, 2.05) is 24.3 Å². The molecule has 7 nitrogen and oxygen atoms in total. The average Bonchev–Trinajstić information content (AvgIpc) is 3.22. The molecule has 0 radical (unpaired) electrons. The second-order valence-electron chi connectivity index (χ2n) is 8.13. The maximum absolute atomic E-state index is 13.6. The lowest BCUT2D eigenvalue weighted by atomic mass is 10.1. The van der Waals surface area contributed by atoms with E-state index >= 15 is 0 Å². The van der Waals surface area contributed by atoms with Crippen LogP contribution in [0.15, 0.2) is 64.1 Å². The molecule has 1 N–H and O–H groups in total. The minimum absolute atomic E-state index is 0.0425. The van der Waals surface area contributed by atoms with Gasteiger partial charge in [-0.1, -0.05) is 29.8 Å². The minimum atomic E-state index is -3.93. The summed E-state index contributed by atoms with van der Waals surface area (Å²) in [5.74, 6) is -1.58. The van der Waals surface area contributed by atoms with Crippen LogP contribution in [0.5, 0.6) is 0 Å². The number of rotatable bonds is 5. The molecule has 3 heterocycles. The van der Waals surface area contributed by atoms with Gasteiger partial charge in [-0.3, -0.25) is 0 Å². The Balaban J connectivity index is 1.37. The molecular formula is C23H19BrClF2N5O2S. The highest BCUT2D eigenvalue weighted by atomic mass is 79.9. The molecule has 1 saturated heterocycles. The van der Waals surface area contributed by atoms with Gasteiger partial charge in [-0.05, 0) is 53.0 Å². The molecule has 1 fully saturated rings. The third kappa shape index (κ3) is 4.65. The molecule has 2 aromatic heterocycles. The molecule has 0 saturated carbocycles. The molecule has 0 amide bonds. The summed E-state index contributed by atoms with van der Waals surface area (Å²) in [5.41, 5.74) is 2.06. The van der Waals surface area contributed by atoms with E-state index < -0.39 is 21.7 Å². The summed E-state index contributed by atoms with van der Waals surface area (Å²) >= 11 is 9.88. The van der Waals surface area contributed by atoms with E-state index in [4.69, 9.17) is 16.6 Å². The summed E-state index contributed by atoms with van der Waals surface area (Å²) < 4.78 is 56.3. The predicted molar refractivity (Wildman–Crippen MR) is 133 cm³/mol. The molecule has 0 aliphatic carbocycles. The van der Waals surface area contributed by atoms with Gasteiger partial charge in [-0.25, -0.2) is 22.2 Å². The van der Waals surface area contributed by atoms with Crippen LogP contribution >= 0.6 is 27.5 Å². The largest absolute Gasteiger partial charge is 0.367 e. The van der Waals surface area contributed by atoms with Crippen molar-refractivity contribution in [2.24, 2.45) is 0 Å². The fourth-order valence-corrected chi connectivity index (χ4v) is 6.14. The lowest BCUT2D eigenvalue weighted by Crippen LogP contribution is -2.42. The molecule has 4 aromatic rings. The van der Waals surface area contributed by atoms with Gasteiger partial charge in [-0.15, -0.1) is 0 Å². The SMILES string of the molecule is O=S(=O)(c1ccc(F)c(F)c1)N1CCC(Nc2cc(-c3ccccc3Cl)nc3c(Br)cnn23)CC1. The minimum Gasteiger partial charge on any atom is -0.367 e. The zero-order valence-electron chi connectivity index (χ0n) is 18.1. The maximum Gasteiger partial charge on any atom is 0.243 e. The number of piperidine rings is 1. The summed E-state index contributed by atoms with van der Waals surface area (Å²) in [6.45, 7) is 0.459. The van der Waals surface area contributed by atoms with E-state index in [-0.39, 0.29) is 24.0 Å². The summed E-state index contributed by atoms with van der Waals surface area (Å²) in [5, 5.41) is 8.42. The van der Waals surface area contributed by atoms with Gasteiger partial charge in [0, 0.05) is 35.8 Å². The van der Waals surface area contributed by atoms with E-state index in [1.165, 1.54) is 4.31 Å². The molecule has 2 aromatic carbocycles. The molecule has 0 bridgehead atoms. The van der Waals surface area contributed by atoms with Gasteiger partial charge in [-0.2, -0.15) is 13.9 Å². The van der Waals surface area contributed by atoms with Gasteiger partial charge in [0.15, 0.2) is 17.3 Å². The number of aromatic nitrogens is 3. The maximum atomic E-state index is 13.6. The van der Waals surface area contributed by atoms with E-state index in [2.05, 4.69) is 26.3 Å². The van der Waals surface area contributed by atoms with Crippen molar-refractivity contribution in [3.05, 3.63) is 75.9 Å². The number of fused-ring (bicyclic) bond motifs is 1. The number of halogens is 4. The first kappa shape index (κ1) is 24.1. The van der Waals surface area contributed by atoms with E-state index in [1.54, 1.807) is 16.8 Å². The number of nitrogens with one attached hydrogen (secondary N) is 1. The fourth-order valence-electron chi connectivity index (χ4n) is 4.08. The van der Waals surface area contributed by atoms with Crippen LogP contribution in [-0.2, 0) is 10.0 Å². The second-order valence-corrected chi connectivity index (χ2v) is 11.3. The van der Waals surface area contributed by atoms with Crippen molar-refractivity contribution in [2.45, 2.75) is 23.8 Å². The highest BCUT2D eigenvalue weighted by Gasteiger charge is 2.30. The number of sulfonamides is 1. The highest BCUT2D eigenvalue weighted by Crippen LogP contribution is 2.31. The Morgan fingerprint density at radius 1 is 1.06 bits per heavy atom. The third-order valence-electron chi connectivity index (χ3n) is 5.91. The zero-order valence-corrected chi connectivity index (χ0v) is 21.3. The normalized spacial score (nSPS) is 15.5. The predicted octanol–water partition coefficient (Wildman–Crippen LogP) is 5.36. The average molecular weight is 583 g/mol. The van der Waals surface area contributed by atoms with E-state index in [9.17, 15) is 17.2 Å². The van der Waals surface area contributed by atoms with Crippen LogP contribution in [0.3, 0.4) is 0 Å². The van der Waals surface area contributed by atoms with Crippen molar-refractivity contribution in [1.29, 1.82) is 0 Å². The molecule has 35 heavy (non-hydrogen) atoms. The monoisotopic (exact) mass is 581 g/mol. The summed E-state index contributed by atoms with van der Waals surface area (Å²) in [4.78, 5) is 4.44. The van der Waals surface area contributed by atoms with Crippen molar-refractivity contribution in [3.8, 4) is 11.3 Å². The van der Waals surface area contributed by atoms with Gasteiger partial charge in [0.1, 0.15) is 5.82 Å². The van der Waals surface area contributed by atoms with Crippen LogP contribution in [0.2, 0.25) is 5.02 Å². The molecule has 1 aliphatic rings. The van der Waals surface area contributed by atoms with Crippen LogP contribution in [0.25, 0.3) is 16.9 Å². The van der Waals surface area contributed by atoms with Crippen molar-refractivity contribution in [1.82, 2.24) is 18.9 Å². The molecule has 0 unspecified atom stereocenters. The lowest BCUT2D eigenvalue weighted by Gasteiger charge is -2.32. The van der Waals surface area contributed by atoms with E-state index in [0.29, 0.717) is 41.1 Å². The molecule has 12 heteroatoms. The number of benzene rings is 2. The Kier molecular flexibility index (Phi) is 6.51. The van der Waals surface area contributed by atoms with Crippen molar-refractivity contribution >= 4 is 49.0 Å². The van der Waals surface area contributed by atoms with Gasteiger partial charge in [0.25, 0.3) is 0 Å². The van der Waals surface area contributed by atoms with Crippen LogP contribution in [0.4, 0.5) is 14.6 Å². The molecular weight excluding hydrogens is 564 g/mol. The molecule has 0 atom stereocenters. The Bertz CT molecular complexity index is 1520. The Hall–Kier alpha value is -2.60. The molecule has 5 rings (SSSR count). The molecule has 0 spiro atoms. The smallest absolute Gasteiger partial charge is 0.243 e. The van der Waals surface area contributed by atoms with Gasteiger partial charge in [0.05, 0.1) is 21.3 Å². The summed E-state index contributed by atoms with van der Waals surface area (Å²) in [6, 6.07) is 11.9. The first-order valence-electron chi connectivity index (χ1n) is 10.7. The number of anilines is 1. The third-order valence-corrected chi connectivity index (χ3v) is 8.70. The van der Waals surface area contributed by atoms with Crippen LogP contribution in [0, 0.1) is 11.6 Å². The van der Waals surface area contributed by atoms with Crippen molar-refractivity contribution in [3.63, 3.8) is 0 Å². The van der Waals surface area contributed by atoms with Crippen molar-refractivity contribution in [2.75, 3.05) is 18.4 Å². The first-order valence-corrected chi connectivity index (χ1v) is 13.4. The second kappa shape index (κ2) is 9.45. The van der Waals surface area contributed by atoms with E-state index in [0.717, 1.165) is 22.2 Å². The van der Waals surface area contributed by atoms with Crippen LogP contribution < -0.4 is 5.32 Å². The van der Waals surface area contributed by atoms with Crippen LogP contribution in [0.1, 0.15) is 12.8 Å². The summed E-state index contributed by atoms with van der Waals surface area (Å²) in [6.07, 6.45) is 2.67. The van der Waals surface area contributed by atoms with Crippen molar-refractivity contribution < 1.29 is 17.2 Å².